The zero-order valence-electron chi connectivity index (χ0n) is 9.53. The fraction of sp³-hybridized carbons (Fsp3) is 0.273. The second-order valence-corrected chi connectivity index (χ2v) is 3.63. The van der Waals surface area contributed by atoms with Crippen molar-refractivity contribution < 1.29 is 27.1 Å². The van der Waals surface area contributed by atoms with Crippen LogP contribution < -0.4 is 0 Å². The first-order valence-corrected chi connectivity index (χ1v) is 5.28. The number of nitrogens with one attached hydrogen (secondary N) is 1. The molecule has 8 heteroatoms. The molecule has 0 amide bonds. The standard InChI is InChI=1S/C11H9F3N2O3/c12-11(13,14)9-7(6-15-16-9)3-5-19-10(17)8-2-1-4-18-8/h1-2,4,6H,3,5H2,(H,15,16). The Hall–Kier alpha value is -2.25. The first-order valence-electron chi connectivity index (χ1n) is 5.28. The van der Waals surface area contributed by atoms with Crippen LogP contribution in [0.5, 0.6) is 0 Å². The van der Waals surface area contributed by atoms with Crippen molar-refractivity contribution in [2.45, 2.75) is 12.6 Å². The van der Waals surface area contributed by atoms with E-state index in [4.69, 9.17) is 9.15 Å². The number of rotatable bonds is 4. The summed E-state index contributed by atoms with van der Waals surface area (Å²) in [7, 11) is 0. The zero-order valence-corrected chi connectivity index (χ0v) is 9.53. The summed E-state index contributed by atoms with van der Waals surface area (Å²) in [6, 6.07) is 2.91. The van der Waals surface area contributed by atoms with Crippen molar-refractivity contribution in [2.75, 3.05) is 6.61 Å². The van der Waals surface area contributed by atoms with E-state index >= 15 is 0 Å². The summed E-state index contributed by atoms with van der Waals surface area (Å²) in [5, 5.41) is 5.21. The predicted octanol–water partition coefficient (Wildman–Crippen LogP) is 2.42. The lowest BCUT2D eigenvalue weighted by molar-refractivity contribution is -0.141. The van der Waals surface area contributed by atoms with Crippen LogP contribution in [0.4, 0.5) is 13.2 Å². The number of nitrogens with zero attached hydrogens (tertiary/aromatic N) is 1. The van der Waals surface area contributed by atoms with Crippen molar-refractivity contribution in [3.8, 4) is 0 Å². The Kier molecular flexibility index (Phi) is 3.59. The molecule has 0 aliphatic rings. The Bertz CT molecular complexity index is 546. The number of aromatic amines is 1. The largest absolute Gasteiger partial charge is 0.459 e. The minimum absolute atomic E-state index is 0.00300. The van der Waals surface area contributed by atoms with Crippen molar-refractivity contribution in [1.29, 1.82) is 0 Å². The number of furan rings is 1. The second kappa shape index (κ2) is 5.17. The van der Waals surface area contributed by atoms with E-state index in [2.05, 4.69) is 5.10 Å². The van der Waals surface area contributed by atoms with Crippen LogP contribution in [-0.4, -0.2) is 22.8 Å². The second-order valence-electron chi connectivity index (χ2n) is 3.63. The van der Waals surface area contributed by atoms with Gasteiger partial charge in [-0.1, -0.05) is 0 Å². The van der Waals surface area contributed by atoms with Crippen LogP contribution in [0.25, 0.3) is 0 Å². The van der Waals surface area contributed by atoms with Gasteiger partial charge >= 0.3 is 12.1 Å². The summed E-state index contributed by atoms with van der Waals surface area (Å²) < 4.78 is 47.1. The topological polar surface area (TPSA) is 68.1 Å². The van der Waals surface area contributed by atoms with E-state index in [-0.39, 0.29) is 24.4 Å². The molecular formula is C11H9F3N2O3. The maximum atomic E-state index is 12.5. The minimum atomic E-state index is -4.50. The lowest BCUT2D eigenvalue weighted by atomic mass is 10.2. The molecule has 0 atom stereocenters. The molecule has 102 valence electrons. The van der Waals surface area contributed by atoms with Crippen LogP contribution in [0.3, 0.4) is 0 Å². The summed E-state index contributed by atoms with van der Waals surface area (Å²) in [6.45, 7) is -0.192. The normalized spacial score (nSPS) is 11.5. The van der Waals surface area contributed by atoms with E-state index < -0.39 is 17.8 Å². The van der Waals surface area contributed by atoms with Crippen molar-refractivity contribution in [2.24, 2.45) is 0 Å². The van der Waals surface area contributed by atoms with Crippen LogP contribution in [0, 0.1) is 0 Å². The van der Waals surface area contributed by atoms with Gasteiger partial charge in [0.2, 0.25) is 5.76 Å². The summed E-state index contributed by atoms with van der Waals surface area (Å²) in [5.41, 5.74) is -0.985. The summed E-state index contributed by atoms with van der Waals surface area (Å²) in [4.78, 5) is 11.4. The highest BCUT2D eigenvalue weighted by Crippen LogP contribution is 2.30. The number of esters is 1. The Morgan fingerprint density at radius 1 is 1.47 bits per heavy atom. The van der Waals surface area contributed by atoms with E-state index in [0.29, 0.717) is 0 Å². The van der Waals surface area contributed by atoms with E-state index in [1.807, 2.05) is 5.10 Å². The smallest absolute Gasteiger partial charge is 0.433 e. The van der Waals surface area contributed by atoms with Gasteiger partial charge in [-0.3, -0.25) is 5.10 Å². The quantitative estimate of drug-likeness (QED) is 0.869. The lowest BCUT2D eigenvalue weighted by Gasteiger charge is -2.07. The highest BCUT2D eigenvalue weighted by atomic mass is 19.4. The van der Waals surface area contributed by atoms with Gasteiger partial charge in [-0.2, -0.15) is 18.3 Å². The molecule has 19 heavy (non-hydrogen) atoms. The molecule has 2 aromatic rings. The molecule has 0 bridgehead atoms. The van der Waals surface area contributed by atoms with Crippen LogP contribution in [0.2, 0.25) is 0 Å². The Labute approximate surface area is 105 Å². The number of hydrogen-bond acceptors (Lipinski definition) is 4. The fourth-order valence-electron chi connectivity index (χ4n) is 1.47. The number of carbonyl (C=O) groups is 1. The zero-order chi connectivity index (χ0) is 13.9. The van der Waals surface area contributed by atoms with Gasteiger partial charge in [0.15, 0.2) is 0 Å². The van der Waals surface area contributed by atoms with Gasteiger partial charge in [-0.15, -0.1) is 0 Å². The molecule has 0 spiro atoms. The van der Waals surface area contributed by atoms with Crippen molar-refractivity contribution in [1.82, 2.24) is 10.2 Å². The van der Waals surface area contributed by atoms with Gasteiger partial charge in [-0.25, -0.2) is 4.79 Å². The third-order valence-electron chi connectivity index (χ3n) is 2.33. The molecule has 0 radical (unpaired) electrons. The molecule has 5 nitrogen and oxygen atoms in total. The van der Waals surface area contributed by atoms with Crippen molar-refractivity contribution in [3.05, 3.63) is 41.6 Å². The molecule has 0 aliphatic carbocycles. The van der Waals surface area contributed by atoms with Crippen LogP contribution in [0.15, 0.2) is 29.0 Å². The van der Waals surface area contributed by atoms with Crippen LogP contribution >= 0.6 is 0 Å². The minimum Gasteiger partial charge on any atom is -0.459 e. The first kappa shape index (κ1) is 13.2. The Morgan fingerprint density at radius 2 is 2.26 bits per heavy atom. The molecule has 1 N–H and O–H groups in total. The average Bonchev–Trinajstić information content (AvgIpc) is 2.98. The molecule has 0 saturated carbocycles. The SMILES string of the molecule is O=C(OCCc1cn[nH]c1C(F)(F)F)c1ccco1. The number of halogens is 3. The summed E-state index contributed by atoms with van der Waals surface area (Å²) in [5.74, 6) is -0.717. The van der Waals surface area contributed by atoms with Gasteiger partial charge in [0.05, 0.1) is 19.1 Å². The maximum absolute atomic E-state index is 12.5. The van der Waals surface area contributed by atoms with Crippen molar-refractivity contribution >= 4 is 5.97 Å². The van der Waals surface area contributed by atoms with Gasteiger partial charge in [0.25, 0.3) is 0 Å². The van der Waals surface area contributed by atoms with Gasteiger partial charge in [-0.05, 0) is 12.1 Å². The number of hydrogen-bond donors (Lipinski definition) is 1. The van der Waals surface area contributed by atoms with Crippen LogP contribution in [0.1, 0.15) is 21.8 Å². The molecule has 0 fully saturated rings. The number of alkyl halides is 3. The van der Waals surface area contributed by atoms with Crippen molar-refractivity contribution in [3.63, 3.8) is 0 Å². The maximum Gasteiger partial charge on any atom is 0.433 e. The molecule has 2 aromatic heterocycles. The summed E-state index contributed by atoms with van der Waals surface area (Å²) in [6.07, 6.45) is -2.23. The van der Waals surface area contributed by atoms with Gasteiger partial charge < -0.3 is 9.15 Å². The lowest BCUT2D eigenvalue weighted by Crippen LogP contribution is -2.12. The third kappa shape index (κ3) is 3.15. The molecule has 0 aromatic carbocycles. The highest BCUT2D eigenvalue weighted by Gasteiger charge is 2.35. The molecular weight excluding hydrogens is 265 g/mol. The van der Waals surface area contributed by atoms with E-state index in [1.54, 1.807) is 0 Å². The fourth-order valence-corrected chi connectivity index (χ4v) is 1.47. The van der Waals surface area contributed by atoms with E-state index in [1.165, 1.54) is 18.4 Å². The Balaban J connectivity index is 1.90. The molecule has 0 aliphatic heterocycles. The average molecular weight is 274 g/mol. The molecule has 2 heterocycles. The first-order chi connectivity index (χ1) is 8.98. The summed E-state index contributed by atoms with van der Waals surface area (Å²) >= 11 is 0. The van der Waals surface area contributed by atoms with E-state index in [9.17, 15) is 18.0 Å². The Morgan fingerprint density at radius 3 is 2.89 bits per heavy atom. The monoisotopic (exact) mass is 274 g/mol. The molecule has 0 saturated heterocycles. The highest BCUT2D eigenvalue weighted by molar-refractivity contribution is 5.86. The predicted molar refractivity (Wildman–Crippen MR) is 56.3 cm³/mol. The number of ether oxygens (including phenoxy) is 1. The van der Waals surface area contributed by atoms with Gasteiger partial charge in [0, 0.05) is 12.0 Å². The number of aromatic nitrogens is 2. The number of H-pyrrole nitrogens is 1. The van der Waals surface area contributed by atoms with Crippen LogP contribution in [-0.2, 0) is 17.3 Å². The molecule has 2 rings (SSSR count). The third-order valence-corrected chi connectivity index (χ3v) is 2.33. The number of carbonyl (C=O) groups excluding carboxylic acids is 1. The van der Waals surface area contributed by atoms with Gasteiger partial charge in [0.1, 0.15) is 5.69 Å². The molecule has 0 unspecified atom stereocenters. The van der Waals surface area contributed by atoms with E-state index in [0.717, 1.165) is 6.20 Å².